The molecule has 2 aliphatic rings. The standard InChI is InChI=1S/C43H40F3N5O7S/c44-43(45,46)29-14-10-26(11-15-29)21-33-39(54)49-32(20-25-6-2-1-3-7-25)40(55)51-35(42(57)58)22-27-12-16-30(17-13-27)47-37(52)18-19-38(53)48-34(41(56)50-33)24-31-23-28-8-4-5-9-36(28)59-31/h1-17,23,32-35H,18-22,24H2,(H,47,52)(H,48,53)(H,49,54)(H,50,56)(H,51,55)(H,57,58)/t32-,33+,34-,35+/m1/s1. The van der Waals surface area contributed by atoms with E-state index in [-0.39, 0.29) is 44.1 Å². The highest BCUT2D eigenvalue weighted by molar-refractivity contribution is 7.19. The first-order valence-electron chi connectivity index (χ1n) is 18.7. The van der Waals surface area contributed by atoms with Crippen LogP contribution in [-0.4, -0.2) is 64.8 Å². The predicted octanol–water partition coefficient (Wildman–Crippen LogP) is 4.95. The third-order valence-electron chi connectivity index (χ3n) is 9.67. The molecule has 3 heterocycles. The van der Waals surface area contributed by atoms with Gasteiger partial charge in [-0.15, -0.1) is 11.3 Å². The average molecular weight is 828 g/mol. The maximum Gasteiger partial charge on any atom is 0.416 e. The monoisotopic (exact) mass is 827 g/mol. The normalized spacial score (nSPS) is 20.1. The molecule has 12 nitrogen and oxygen atoms in total. The molecule has 0 unspecified atom stereocenters. The molecule has 306 valence electrons. The number of hydrogen-bond donors (Lipinski definition) is 6. The molecule has 0 saturated heterocycles. The lowest BCUT2D eigenvalue weighted by molar-refractivity contribution is -0.142. The summed E-state index contributed by atoms with van der Waals surface area (Å²) in [4.78, 5) is 81.8. The molecule has 0 spiro atoms. The molecule has 5 aromatic rings. The molecule has 4 aromatic carbocycles. The van der Waals surface area contributed by atoms with Crippen molar-refractivity contribution in [3.8, 4) is 0 Å². The van der Waals surface area contributed by atoms with E-state index >= 15 is 0 Å². The average Bonchev–Trinajstić information content (AvgIpc) is 3.62. The minimum Gasteiger partial charge on any atom is -0.480 e. The Morgan fingerprint density at radius 1 is 0.644 bits per heavy atom. The fraction of sp³-hybridized carbons (Fsp3) is 0.256. The summed E-state index contributed by atoms with van der Waals surface area (Å²) in [6.07, 6.45) is -5.77. The third-order valence-corrected chi connectivity index (χ3v) is 10.8. The molecule has 4 atom stereocenters. The third kappa shape index (κ3) is 11.8. The van der Waals surface area contributed by atoms with E-state index < -0.39 is 71.4 Å². The maximum absolute atomic E-state index is 14.3. The Hall–Kier alpha value is -6.55. The summed E-state index contributed by atoms with van der Waals surface area (Å²) in [6, 6.07) is 22.6. The van der Waals surface area contributed by atoms with Gasteiger partial charge in [-0.25, -0.2) is 4.79 Å². The van der Waals surface area contributed by atoms with Gasteiger partial charge in [-0.1, -0.05) is 72.8 Å². The second kappa shape index (κ2) is 18.8. The largest absolute Gasteiger partial charge is 0.480 e. The number of rotatable bonds is 7. The molecule has 0 aliphatic carbocycles. The van der Waals surface area contributed by atoms with Crippen LogP contribution in [0.2, 0.25) is 0 Å². The lowest BCUT2D eigenvalue weighted by Gasteiger charge is -2.26. The summed E-state index contributed by atoms with van der Waals surface area (Å²) in [6.45, 7) is 0. The first kappa shape index (κ1) is 42.1. The summed E-state index contributed by atoms with van der Waals surface area (Å²) in [5.74, 6) is -5.05. The van der Waals surface area contributed by atoms with Gasteiger partial charge in [-0.3, -0.25) is 24.0 Å². The number of amides is 5. The Morgan fingerprint density at radius 2 is 1.20 bits per heavy atom. The van der Waals surface area contributed by atoms with Crippen LogP contribution in [0.25, 0.3) is 10.1 Å². The van der Waals surface area contributed by atoms with Gasteiger partial charge in [0.25, 0.3) is 0 Å². The molecule has 6 N–H and O–H groups in total. The van der Waals surface area contributed by atoms with Crippen molar-refractivity contribution in [3.05, 3.63) is 136 Å². The lowest BCUT2D eigenvalue weighted by Crippen LogP contribution is -2.59. The number of thiophene rings is 1. The SMILES string of the molecule is O=C1CCC(=O)N[C@H](Cc2cc3ccccc3s2)C(=O)N[C@@H](Cc2ccc(C(F)(F)F)cc2)C(=O)N[C@H](Cc2ccccc2)C(=O)N[C@H](C(=O)O)Cc2ccc(cc2)N1. The molecule has 2 bridgehead atoms. The van der Waals surface area contributed by atoms with Crippen LogP contribution in [0.4, 0.5) is 18.9 Å². The number of carboxylic acids is 1. The summed E-state index contributed by atoms with van der Waals surface area (Å²) in [7, 11) is 0. The topological polar surface area (TPSA) is 183 Å². The van der Waals surface area contributed by atoms with Crippen molar-refractivity contribution >= 4 is 62.6 Å². The fourth-order valence-corrected chi connectivity index (χ4v) is 7.69. The second-order valence-corrected chi connectivity index (χ2v) is 15.3. The smallest absolute Gasteiger partial charge is 0.416 e. The van der Waals surface area contributed by atoms with Gasteiger partial charge in [0.2, 0.25) is 29.5 Å². The Balaban J connectivity index is 1.36. The first-order chi connectivity index (χ1) is 28.2. The van der Waals surface area contributed by atoms with E-state index in [2.05, 4.69) is 26.6 Å². The summed E-state index contributed by atoms with van der Waals surface area (Å²) in [5.41, 5.74) is 0.810. The van der Waals surface area contributed by atoms with Crippen molar-refractivity contribution in [3.63, 3.8) is 0 Å². The number of nitrogens with one attached hydrogen (secondary N) is 5. The number of anilines is 1. The molecule has 1 aromatic heterocycles. The van der Waals surface area contributed by atoms with E-state index in [4.69, 9.17) is 0 Å². The van der Waals surface area contributed by atoms with E-state index in [0.717, 1.165) is 27.1 Å². The number of carbonyl (C=O) groups is 6. The molecule has 0 fully saturated rings. The number of hydrogen-bond acceptors (Lipinski definition) is 7. The van der Waals surface area contributed by atoms with E-state index in [1.165, 1.54) is 23.5 Å². The molecular formula is C43H40F3N5O7S. The highest BCUT2D eigenvalue weighted by Gasteiger charge is 2.34. The zero-order valence-corrected chi connectivity index (χ0v) is 32.2. The van der Waals surface area contributed by atoms with E-state index in [1.54, 1.807) is 54.6 Å². The van der Waals surface area contributed by atoms with Crippen LogP contribution in [0.15, 0.2) is 109 Å². The molecule has 7 rings (SSSR count). The Morgan fingerprint density at radius 3 is 1.81 bits per heavy atom. The number of carbonyl (C=O) groups excluding carboxylic acids is 5. The Labute approximate surface area is 340 Å². The molecule has 0 saturated carbocycles. The minimum absolute atomic E-state index is 0.0142. The maximum atomic E-state index is 14.3. The van der Waals surface area contributed by atoms with Crippen LogP contribution in [0.5, 0.6) is 0 Å². The highest BCUT2D eigenvalue weighted by atomic mass is 32.1. The van der Waals surface area contributed by atoms with Crippen molar-refractivity contribution in [2.45, 2.75) is 68.9 Å². The lowest BCUT2D eigenvalue weighted by atomic mass is 10.00. The van der Waals surface area contributed by atoms with Crippen LogP contribution < -0.4 is 26.6 Å². The van der Waals surface area contributed by atoms with Gasteiger partial charge in [0, 0.05) is 53.8 Å². The molecule has 0 radical (unpaired) electrons. The van der Waals surface area contributed by atoms with Crippen LogP contribution in [0.3, 0.4) is 0 Å². The van der Waals surface area contributed by atoms with Gasteiger partial charge in [0.15, 0.2) is 0 Å². The number of fused-ring (bicyclic) bond motifs is 19. The van der Waals surface area contributed by atoms with Crippen molar-refractivity contribution in [1.29, 1.82) is 0 Å². The van der Waals surface area contributed by atoms with Crippen molar-refractivity contribution < 1.29 is 47.0 Å². The van der Waals surface area contributed by atoms with Crippen LogP contribution in [0, 0.1) is 0 Å². The van der Waals surface area contributed by atoms with E-state index in [9.17, 15) is 47.0 Å². The highest BCUT2D eigenvalue weighted by Crippen LogP contribution is 2.29. The predicted molar refractivity (Wildman–Crippen MR) is 214 cm³/mol. The van der Waals surface area contributed by atoms with Crippen molar-refractivity contribution in [2.75, 3.05) is 5.32 Å². The Bertz CT molecular complexity index is 2290. The molecular weight excluding hydrogens is 788 g/mol. The van der Waals surface area contributed by atoms with Crippen molar-refractivity contribution in [1.82, 2.24) is 21.3 Å². The van der Waals surface area contributed by atoms with Gasteiger partial charge in [-0.2, -0.15) is 13.2 Å². The number of alkyl halides is 3. The first-order valence-corrected chi connectivity index (χ1v) is 19.5. The van der Waals surface area contributed by atoms with Crippen LogP contribution in [0.1, 0.15) is 40.0 Å². The van der Waals surface area contributed by atoms with Crippen LogP contribution >= 0.6 is 11.3 Å². The zero-order chi connectivity index (χ0) is 42.1. The molecule has 59 heavy (non-hydrogen) atoms. The van der Waals surface area contributed by atoms with Gasteiger partial charge in [0.05, 0.1) is 5.56 Å². The Kier molecular flexibility index (Phi) is 13.4. The summed E-state index contributed by atoms with van der Waals surface area (Å²) >= 11 is 1.39. The van der Waals surface area contributed by atoms with Gasteiger partial charge in [-0.05, 0) is 58.5 Å². The van der Waals surface area contributed by atoms with E-state index in [1.807, 2.05) is 30.3 Å². The number of aliphatic carboxylic acids is 1. The molecule has 2 aliphatic heterocycles. The van der Waals surface area contributed by atoms with Crippen molar-refractivity contribution in [2.24, 2.45) is 0 Å². The number of benzene rings is 4. The number of halogens is 3. The van der Waals surface area contributed by atoms with E-state index in [0.29, 0.717) is 16.8 Å². The van der Waals surface area contributed by atoms with Gasteiger partial charge < -0.3 is 31.7 Å². The zero-order valence-electron chi connectivity index (χ0n) is 31.4. The summed E-state index contributed by atoms with van der Waals surface area (Å²) in [5, 5.41) is 24.2. The molecule has 16 heteroatoms. The fourth-order valence-electron chi connectivity index (χ4n) is 6.58. The second-order valence-electron chi connectivity index (χ2n) is 14.1. The summed E-state index contributed by atoms with van der Waals surface area (Å²) < 4.78 is 41.2. The van der Waals surface area contributed by atoms with Gasteiger partial charge >= 0.3 is 12.1 Å². The quantitative estimate of drug-likeness (QED) is 0.126. The van der Waals surface area contributed by atoms with Crippen LogP contribution in [-0.2, 0) is 60.6 Å². The van der Waals surface area contributed by atoms with Gasteiger partial charge in [0.1, 0.15) is 24.2 Å². The number of carboxylic acid groups (broad SMARTS) is 1. The minimum atomic E-state index is -4.63. The molecule has 5 amide bonds.